The van der Waals surface area contributed by atoms with Gasteiger partial charge in [-0.2, -0.15) is 0 Å². The molecule has 0 atom stereocenters. The van der Waals surface area contributed by atoms with E-state index in [1.807, 2.05) is 37.5 Å². The summed E-state index contributed by atoms with van der Waals surface area (Å²) in [6.45, 7) is 8.12. The van der Waals surface area contributed by atoms with Crippen LogP contribution in [-0.4, -0.2) is 16.0 Å². The molecule has 0 fully saturated rings. The number of carbonyl (C=O) groups is 1. The first-order chi connectivity index (χ1) is 11.0. The van der Waals surface area contributed by atoms with Gasteiger partial charge in [0.1, 0.15) is 11.6 Å². The molecule has 122 valence electrons. The fourth-order valence-corrected chi connectivity index (χ4v) is 2.84. The molecule has 0 saturated carbocycles. The molecule has 1 aromatic heterocycles. The van der Waals surface area contributed by atoms with E-state index < -0.39 is 0 Å². The van der Waals surface area contributed by atoms with Crippen LogP contribution in [0, 0.1) is 6.92 Å². The predicted molar refractivity (Wildman–Crippen MR) is 95.3 cm³/mol. The van der Waals surface area contributed by atoms with Crippen LogP contribution in [0.25, 0.3) is 17.3 Å². The Balaban J connectivity index is 3.09. The zero-order valence-electron chi connectivity index (χ0n) is 14.2. The number of aromatic hydroxyl groups is 1. The van der Waals surface area contributed by atoms with E-state index in [2.05, 4.69) is 6.92 Å². The van der Waals surface area contributed by atoms with Gasteiger partial charge in [0.25, 0.3) is 0 Å². The molecule has 0 amide bonds. The maximum Gasteiger partial charge on any atom is 0.154 e. The van der Waals surface area contributed by atoms with Crippen LogP contribution in [0.2, 0.25) is 0 Å². The SMILES string of the molecule is CC/C=c1\c(C=O)c(N)n(-c2cc(O)ccc2C)c1=C(C)CC. The zero-order chi connectivity index (χ0) is 17.1. The molecule has 0 aliphatic heterocycles. The van der Waals surface area contributed by atoms with Crippen molar-refractivity contribution in [2.75, 3.05) is 5.73 Å². The molecular formula is C19H24N2O2. The minimum atomic E-state index is 0.174. The Hall–Kier alpha value is -2.49. The minimum Gasteiger partial charge on any atom is -0.508 e. The molecule has 4 heteroatoms. The highest BCUT2D eigenvalue weighted by atomic mass is 16.3. The number of hydrogen-bond acceptors (Lipinski definition) is 3. The molecule has 2 rings (SSSR count). The van der Waals surface area contributed by atoms with Crippen LogP contribution in [-0.2, 0) is 0 Å². The topological polar surface area (TPSA) is 68.2 Å². The molecule has 0 aliphatic carbocycles. The highest BCUT2D eigenvalue weighted by Crippen LogP contribution is 2.22. The Labute approximate surface area is 136 Å². The maximum atomic E-state index is 11.6. The van der Waals surface area contributed by atoms with E-state index in [4.69, 9.17) is 5.73 Å². The molecule has 0 unspecified atom stereocenters. The van der Waals surface area contributed by atoms with Crippen molar-refractivity contribution in [2.45, 2.75) is 40.5 Å². The molecule has 1 aromatic carbocycles. The number of benzene rings is 1. The highest BCUT2D eigenvalue weighted by molar-refractivity contribution is 5.84. The third-order valence-corrected chi connectivity index (χ3v) is 4.18. The van der Waals surface area contributed by atoms with Gasteiger partial charge in [0, 0.05) is 11.3 Å². The van der Waals surface area contributed by atoms with Crippen molar-refractivity contribution >= 4 is 23.8 Å². The van der Waals surface area contributed by atoms with Gasteiger partial charge < -0.3 is 10.8 Å². The highest BCUT2D eigenvalue weighted by Gasteiger charge is 2.16. The van der Waals surface area contributed by atoms with Crippen LogP contribution in [0.3, 0.4) is 0 Å². The number of phenolic OH excluding ortho intramolecular Hbond substituents is 1. The van der Waals surface area contributed by atoms with Crippen LogP contribution in [0.15, 0.2) is 18.2 Å². The first kappa shape index (κ1) is 16.9. The van der Waals surface area contributed by atoms with Gasteiger partial charge in [-0.15, -0.1) is 0 Å². The van der Waals surface area contributed by atoms with Crippen molar-refractivity contribution in [1.29, 1.82) is 0 Å². The number of nitrogens with two attached hydrogens (primary N) is 1. The van der Waals surface area contributed by atoms with Crippen LogP contribution < -0.4 is 16.3 Å². The first-order valence-corrected chi connectivity index (χ1v) is 7.91. The summed E-state index contributed by atoms with van der Waals surface area (Å²) >= 11 is 0. The number of aryl methyl sites for hydroxylation is 1. The lowest BCUT2D eigenvalue weighted by molar-refractivity contribution is 0.112. The number of aldehydes is 1. The fourth-order valence-electron chi connectivity index (χ4n) is 2.84. The van der Waals surface area contributed by atoms with Gasteiger partial charge in [-0.05, 0) is 43.9 Å². The largest absolute Gasteiger partial charge is 0.508 e. The molecule has 0 aliphatic rings. The molecule has 1 heterocycles. The van der Waals surface area contributed by atoms with Crippen molar-refractivity contribution in [3.63, 3.8) is 0 Å². The molecule has 0 spiro atoms. The first-order valence-electron chi connectivity index (χ1n) is 7.91. The van der Waals surface area contributed by atoms with Crippen molar-refractivity contribution in [3.05, 3.63) is 39.9 Å². The van der Waals surface area contributed by atoms with E-state index in [1.54, 1.807) is 12.1 Å². The summed E-state index contributed by atoms with van der Waals surface area (Å²) < 4.78 is 1.89. The Morgan fingerprint density at radius 1 is 1.35 bits per heavy atom. The number of nitrogens with zero attached hydrogens (tertiary/aromatic N) is 1. The molecule has 2 aromatic rings. The maximum absolute atomic E-state index is 11.6. The molecule has 23 heavy (non-hydrogen) atoms. The van der Waals surface area contributed by atoms with Gasteiger partial charge in [-0.1, -0.05) is 26.0 Å². The average Bonchev–Trinajstić information content (AvgIpc) is 2.81. The molecule has 0 radical (unpaired) electrons. The summed E-state index contributed by atoms with van der Waals surface area (Å²) in [4.78, 5) is 11.6. The second kappa shape index (κ2) is 6.73. The fraction of sp³-hybridized carbons (Fsp3) is 0.316. The van der Waals surface area contributed by atoms with E-state index >= 15 is 0 Å². The van der Waals surface area contributed by atoms with Crippen molar-refractivity contribution in [3.8, 4) is 11.4 Å². The standard InChI is InChI=1S/C19H24N2O2/c1-5-7-15-16(11-22)19(20)21(18(15)12(3)6-2)17-10-14(23)9-8-13(17)4/h7-11,23H,5-6,20H2,1-4H3/b15-7+,18-12?. The average molecular weight is 312 g/mol. The van der Waals surface area contributed by atoms with Gasteiger partial charge in [0.15, 0.2) is 6.29 Å². The van der Waals surface area contributed by atoms with Gasteiger partial charge in [-0.25, -0.2) is 0 Å². The Morgan fingerprint density at radius 3 is 2.61 bits per heavy atom. The number of rotatable bonds is 4. The second-order valence-electron chi connectivity index (χ2n) is 5.73. The lowest BCUT2D eigenvalue weighted by Gasteiger charge is -2.12. The van der Waals surface area contributed by atoms with Crippen LogP contribution in [0.4, 0.5) is 5.82 Å². The van der Waals surface area contributed by atoms with Crippen LogP contribution >= 0.6 is 0 Å². The Kier molecular flexibility index (Phi) is 4.94. The number of aromatic nitrogens is 1. The number of phenols is 1. The quantitative estimate of drug-likeness (QED) is 0.853. The van der Waals surface area contributed by atoms with E-state index in [0.717, 1.165) is 46.5 Å². The van der Waals surface area contributed by atoms with Crippen molar-refractivity contribution < 1.29 is 9.90 Å². The lowest BCUT2D eigenvalue weighted by Crippen LogP contribution is -2.32. The van der Waals surface area contributed by atoms with Gasteiger partial charge >= 0.3 is 0 Å². The summed E-state index contributed by atoms with van der Waals surface area (Å²) in [5, 5.41) is 11.7. The lowest BCUT2D eigenvalue weighted by atomic mass is 10.1. The minimum absolute atomic E-state index is 0.174. The summed E-state index contributed by atoms with van der Waals surface area (Å²) in [5.74, 6) is 0.587. The summed E-state index contributed by atoms with van der Waals surface area (Å²) in [6, 6.07) is 5.18. The van der Waals surface area contributed by atoms with Crippen LogP contribution in [0.5, 0.6) is 5.75 Å². The number of anilines is 1. The number of carbonyl (C=O) groups excluding carboxylic acids is 1. The van der Waals surface area contributed by atoms with Crippen molar-refractivity contribution in [1.82, 2.24) is 4.57 Å². The third kappa shape index (κ3) is 2.89. The van der Waals surface area contributed by atoms with Crippen LogP contribution in [0.1, 0.15) is 49.5 Å². The van der Waals surface area contributed by atoms with Gasteiger partial charge in [0.2, 0.25) is 0 Å². The zero-order valence-corrected chi connectivity index (χ0v) is 14.2. The number of nitrogen functional groups attached to an aromatic ring is 1. The summed E-state index contributed by atoms with van der Waals surface area (Å²) in [5.41, 5.74) is 9.74. The predicted octanol–water partition coefficient (Wildman–Crippen LogP) is 2.66. The van der Waals surface area contributed by atoms with Gasteiger partial charge in [0.05, 0.1) is 16.6 Å². The van der Waals surface area contributed by atoms with Crippen molar-refractivity contribution in [2.24, 2.45) is 0 Å². The van der Waals surface area contributed by atoms with E-state index in [1.165, 1.54) is 0 Å². The molecule has 0 saturated heterocycles. The second-order valence-corrected chi connectivity index (χ2v) is 5.73. The smallest absolute Gasteiger partial charge is 0.154 e. The molecular weight excluding hydrogens is 288 g/mol. The van der Waals surface area contributed by atoms with Gasteiger partial charge in [-0.3, -0.25) is 9.36 Å². The van der Waals surface area contributed by atoms with E-state index in [9.17, 15) is 9.90 Å². The molecule has 3 N–H and O–H groups in total. The summed E-state index contributed by atoms with van der Waals surface area (Å²) in [7, 11) is 0. The van der Waals surface area contributed by atoms with E-state index in [-0.39, 0.29) is 5.75 Å². The third-order valence-electron chi connectivity index (χ3n) is 4.18. The Morgan fingerprint density at radius 2 is 2.04 bits per heavy atom. The normalized spacial score (nSPS) is 13.3. The summed E-state index contributed by atoms with van der Waals surface area (Å²) in [6.07, 6.45) is 4.51. The van der Waals surface area contributed by atoms with E-state index in [0.29, 0.717) is 11.4 Å². The molecule has 0 bridgehead atoms. The monoisotopic (exact) mass is 312 g/mol. The number of hydrogen-bond donors (Lipinski definition) is 2. The Bertz CT molecular complexity index is 860. The molecule has 4 nitrogen and oxygen atoms in total.